The summed E-state index contributed by atoms with van der Waals surface area (Å²) < 4.78 is 16.8. The van der Waals surface area contributed by atoms with Crippen molar-refractivity contribution in [3.05, 3.63) is 70.4 Å². The van der Waals surface area contributed by atoms with E-state index in [0.29, 0.717) is 17.2 Å². The number of halogens is 1. The second kappa shape index (κ2) is 7.66. The van der Waals surface area contributed by atoms with Crippen LogP contribution in [0, 0.1) is 16.5 Å². The molecule has 140 valence electrons. The fourth-order valence-electron chi connectivity index (χ4n) is 2.97. The predicted octanol–water partition coefficient (Wildman–Crippen LogP) is 6.12. The van der Waals surface area contributed by atoms with Crippen LogP contribution < -0.4 is 4.72 Å². The van der Waals surface area contributed by atoms with Crippen molar-refractivity contribution in [2.45, 2.75) is 23.7 Å². The van der Waals surface area contributed by atoms with Gasteiger partial charge in [-0.05, 0) is 72.7 Å². The Morgan fingerprint density at radius 2 is 2.04 bits per heavy atom. The van der Waals surface area contributed by atoms with Crippen LogP contribution in [0.3, 0.4) is 0 Å². The highest BCUT2D eigenvalue weighted by Crippen LogP contribution is 2.45. The van der Waals surface area contributed by atoms with Crippen molar-refractivity contribution in [2.24, 2.45) is 0 Å². The quantitative estimate of drug-likeness (QED) is 0.479. The summed E-state index contributed by atoms with van der Waals surface area (Å²) in [6.45, 7) is 0. The summed E-state index contributed by atoms with van der Waals surface area (Å²) in [6, 6.07) is 15.6. The van der Waals surface area contributed by atoms with Crippen LogP contribution in [0.4, 0.5) is 10.1 Å². The molecule has 1 aliphatic rings. The van der Waals surface area contributed by atoms with Crippen LogP contribution in [0.2, 0.25) is 0 Å². The third kappa shape index (κ3) is 3.88. The molecule has 0 amide bonds. The highest BCUT2D eigenvalue weighted by molar-refractivity contribution is 8.00. The summed E-state index contributed by atoms with van der Waals surface area (Å²) in [7, 11) is 0. The van der Waals surface area contributed by atoms with Gasteiger partial charge in [0.05, 0.1) is 22.9 Å². The molecule has 1 aromatic heterocycles. The molecule has 4 rings (SSSR count). The zero-order valence-electron chi connectivity index (χ0n) is 14.6. The van der Waals surface area contributed by atoms with Crippen molar-refractivity contribution in [3.8, 4) is 16.5 Å². The third-order valence-corrected chi connectivity index (χ3v) is 6.34. The molecule has 1 heterocycles. The van der Waals surface area contributed by atoms with E-state index in [0.717, 1.165) is 45.1 Å². The molecule has 2 N–H and O–H groups in total. The maximum absolute atomic E-state index is 13.5. The van der Waals surface area contributed by atoms with Gasteiger partial charge in [0.15, 0.2) is 5.13 Å². The first-order chi connectivity index (χ1) is 13.5. The first kappa shape index (κ1) is 18.5. The second-order valence-electron chi connectivity index (χ2n) is 6.51. The third-order valence-electron chi connectivity index (χ3n) is 4.54. The fourth-order valence-corrected chi connectivity index (χ4v) is 4.67. The molecule has 1 saturated carbocycles. The molecule has 3 aromatic rings. The van der Waals surface area contributed by atoms with Crippen molar-refractivity contribution in [3.63, 3.8) is 0 Å². The van der Waals surface area contributed by atoms with Crippen molar-refractivity contribution in [2.75, 3.05) is 4.72 Å². The van der Waals surface area contributed by atoms with Gasteiger partial charge in [-0.25, -0.2) is 4.79 Å². The lowest BCUT2D eigenvalue weighted by Gasteiger charge is -2.14. The Balaban J connectivity index is 1.67. The van der Waals surface area contributed by atoms with E-state index in [9.17, 15) is 19.6 Å². The van der Waals surface area contributed by atoms with Crippen LogP contribution in [0.15, 0.2) is 53.4 Å². The van der Waals surface area contributed by atoms with Gasteiger partial charge in [0.25, 0.3) is 0 Å². The average Bonchev–Trinajstić information content (AvgIpc) is 3.46. The molecular formula is C21H15FN2O2S2. The number of hydrogen-bond acceptors (Lipinski definition) is 5. The van der Waals surface area contributed by atoms with Crippen molar-refractivity contribution < 1.29 is 14.3 Å². The molecule has 0 aliphatic heterocycles. The molecule has 28 heavy (non-hydrogen) atoms. The fraction of sp³-hybridized carbons (Fsp3) is 0.143. The molecule has 1 aliphatic carbocycles. The van der Waals surface area contributed by atoms with Gasteiger partial charge in [0, 0.05) is 15.3 Å². The van der Waals surface area contributed by atoms with E-state index in [1.54, 1.807) is 36.4 Å². The number of carbonyl (C=O) groups is 1. The van der Waals surface area contributed by atoms with Crippen LogP contribution in [0.5, 0.6) is 0 Å². The van der Waals surface area contributed by atoms with Crippen molar-refractivity contribution >= 4 is 34.9 Å². The van der Waals surface area contributed by atoms with Crippen LogP contribution in [0.25, 0.3) is 10.4 Å². The Labute approximate surface area is 169 Å². The van der Waals surface area contributed by atoms with E-state index in [4.69, 9.17) is 0 Å². The summed E-state index contributed by atoms with van der Waals surface area (Å²) in [5, 5.41) is 18.3. The SMILES string of the molecule is N#Cc1ccc(-c2ccc(F)s2)c(NSc2cc(C(=O)O)ccc2C2CC2)c1. The summed E-state index contributed by atoms with van der Waals surface area (Å²) in [6.07, 6.45) is 2.20. The van der Waals surface area contributed by atoms with Crippen molar-refractivity contribution in [1.29, 1.82) is 5.26 Å². The van der Waals surface area contributed by atoms with Gasteiger partial charge in [-0.1, -0.05) is 12.1 Å². The number of thiophene rings is 1. The number of carboxylic acid groups (broad SMARTS) is 1. The zero-order valence-corrected chi connectivity index (χ0v) is 16.2. The number of carboxylic acids is 1. The summed E-state index contributed by atoms with van der Waals surface area (Å²) in [5.74, 6) is -0.506. The number of nitrogens with zero attached hydrogens (tertiary/aromatic N) is 1. The zero-order chi connectivity index (χ0) is 19.7. The highest BCUT2D eigenvalue weighted by atomic mass is 32.2. The number of rotatable bonds is 6. The smallest absolute Gasteiger partial charge is 0.335 e. The van der Waals surface area contributed by atoms with E-state index in [1.807, 2.05) is 6.07 Å². The first-order valence-corrected chi connectivity index (χ1v) is 10.3. The van der Waals surface area contributed by atoms with E-state index < -0.39 is 5.97 Å². The Kier molecular flexibility index (Phi) is 5.07. The average molecular weight is 410 g/mol. The first-order valence-electron chi connectivity index (χ1n) is 8.65. The summed E-state index contributed by atoms with van der Waals surface area (Å²) in [4.78, 5) is 13.0. The van der Waals surface area contributed by atoms with Gasteiger partial charge < -0.3 is 9.83 Å². The van der Waals surface area contributed by atoms with Gasteiger partial charge in [-0.3, -0.25) is 0 Å². The van der Waals surface area contributed by atoms with Gasteiger partial charge in [0.2, 0.25) is 0 Å². The van der Waals surface area contributed by atoms with Crippen LogP contribution in [-0.4, -0.2) is 11.1 Å². The molecule has 0 saturated heterocycles. The number of aromatic carboxylic acids is 1. The number of nitriles is 1. The Morgan fingerprint density at radius 1 is 1.21 bits per heavy atom. The molecule has 4 nitrogen and oxygen atoms in total. The molecular weight excluding hydrogens is 395 g/mol. The molecule has 7 heteroatoms. The minimum Gasteiger partial charge on any atom is -0.478 e. The number of nitrogens with one attached hydrogen (secondary N) is 1. The lowest BCUT2D eigenvalue weighted by Crippen LogP contribution is -1.99. The second-order valence-corrected chi connectivity index (χ2v) is 8.39. The standard InChI is InChI=1S/C21H15FN2O2S2/c22-20-8-7-18(27-20)16-5-1-12(11-23)9-17(16)24-28-19-10-14(21(25)26)4-6-15(19)13-2-3-13/h1,4-10,13,24H,2-3H2,(H,25,26). The maximum Gasteiger partial charge on any atom is 0.335 e. The van der Waals surface area contributed by atoms with Gasteiger partial charge in [-0.2, -0.15) is 9.65 Å². The van der Waals surface area contributed by atoms with E-state index >= 15 is 0 Å². The molecule has 1 fully saturated rings. The molecule has 0 atom stereocenters. The lowest BCUT2D eigenvalue weighted by molar-refractivity contribution is 0.0696. The molecule has 0 bridgehead atoms. The van der Waals surface area contributed by atoms with Crippen LogP contribution >= 0.6 is 23.3 Å². The molecule has 0 radical (unpaired) electrons. The van der Waals surface area contributed by atoms with E-state index in [2.05, 4.69) is 10.8 Å². The largest absolute Gasteiger partial charge is 0.478 e. The normalized spacial score (nSPS) is 13.1. The number of hydrogen-bond donors (Lipinski definition) is 2. The minimum atomic E-state index is -0.967. The molecule has 2 aromatic carbocycles. The Morgan fingerprint density at radius 3 is 2.68 bits per heavy atom. The van der Waals surface area contributed by atoms with Crippen LogP contribution in [-0.2, 0) is 0 Å². The van der Waals surface area contributed by atoms with Gasteiger partial charge in [-0.15, -0.1) is 11.3 Å². The molecule has 0 unspecified atom stereocenters. The predicted molar refractivity (Wildman–Crippen MR) is 109 cm³/mol. The summed E-state index contributed by atoms with van der Waals surface area (Å²) in [5.41, 5.74) is 3.34. The van der Waals surface area contributed by atoms with E-state index in [1.165, 1.54) is 18.0 Å². The van der Waals surface area contributed by atoms with Gasteiger partial charge >= 0.3 is 5.97 Å². The number of anilines is 1. The van der Waals surface area contributed by atoms with Gasteiger partial charge in [0.1, 0.15) is 0 Å². The minimum absolute atomic E-state index is 0.236. The lowest BCUT2D eigenvalue weighted by atomic mass is 10.1. The monoisotopic (exact) mass is 410 g/mol. The highest BCUT2D eigenvalue weighted by Gasteiger charge is 2.27. The molecule has 0 spiro atoms. The van der Waals surface area contributed by atoms with E-state index in [-0.39, 0.29) is 10.7 Å². The van der Waals surface area contributed by atoms with Crippen molar-refractivity contribution in [1.82, 2.24) is 0 Å². The maximum atomic E-state index is 13.5. The Bertz CT molecular complexity index is 1100. The summed E-state index contributed by atoms with van der Waals surface area (Å²) >= 11 is 2.36. The number of benzene rings is 2. The topological polar surface area (TPSA) is 73.1 Å². The Hall–Kier alpha value is -2.82. The van der Waals surface area contributed by atoms with Crippen LogP contribution in [0.1, 0.15) is 40.2 Å².